The topological polar surface area (TPSA) is 17.8 Å². The van der Waals surface area contributed by atoms with Gasteiger partial charge in [0.1, 0.15) is 0 Å². The van der Waals surface area contributed by atoms with Crippen LogP contribution in [0.25, 0.3) is 11.3 Å². The first-order valence-corrected chi connectivity index (χ1v) is 6.51. The maximum atomic E-state index is 4.45. The summed E-state index contributed by atoms with van der Waals surface area (Å²) in [6.07, 6.45) is 3.18. The largest absolute Gasteiger partial charge is 0.275 e. The first kappa shape index (κ1) is 11.3. The molecule has 0 aliphatic rings. The van der Waals surface area contributed by atoms with Crippen molar-refractivity contribution in [2.24, 2.45) is 7.05 Å². The Morgan fingerprint density at radius 3 is 2.75 bits per heavy atom. The molecule has 0 amide bonds. The van der Waals surface area contributed by atoms with Gasteiger partial charge in [-0.1, -0.05) is 25.1 Å². The highest BCUT2D eigenvalue weighted by Gasteiger charge is 2.06. The van der Waals surface area contributed by atoms with Crippen molar-refractivity contribution in [3.05, 3.63) is 36.5 Å². The maximum absolute atomic E-state index is 4.45. The van der Waals surface area contributed by atoms with Crippen molar-refractivity contribution in [2.75, 3.05) is 5.75 Å². The van der Waals surface area contributed by atoms with Crippen molar-refractivity contribution < 1.29 is 0 Å². The van der Waals surface area contributed by atoms with Crippen molar-refractivity contribution >= 4 is 11.8 Å². The molecule has 2 aromatic rings. The zero-order chi connectivity index (χ0) is 11.4. The number of benzene rings is 1. The van der Waals surface area contributed by atoms with Crippen LogP contribution < -0.4 is 0 Å². The van der Waals surface area contributed by atoms with Gasteiger partial charge in [-0.25, -0.2) is 0 Å². The summed E-state index contributed by atoms with van der Waals surface area (Å²) in [5.74, 6) is 1.16. The first-order valence-electron chi connectivity index (χ1n) is 5.53. The van der Waals surface area contributed by atoms with Gasteiger partial charge in [0.2, 0.25) is 0 Å². The fourth-order valence-electron chi connectivity index (χ4n) is 1.57. The molecule has 0 bridgehead atoms. The monoisotopic (exact) mass is 232 g/mol. The van der Waals surface area contributed by atoms with E-state index in [1.807, 2.05) is 29.7 Å². The van der Waals surface area contributed by atoms with E-state index in [-0.39, 0.29) is 0 Å². The highest BCUT2D eigenvalue weighted by atomic mass is 32.2. The van der Waals surface area contributed by atoms with Crippen molar-refractivity contribution in [2.45, 2.75) is 18.2 Å². The molecule has 84 valence electrons. The molecule has 1 aromatic heterocycles. The minimum absolute atomic E-state index is 1.06. The normalized spacial score (nSPS) is 10.6. The fraction of sp³-hybridized carbons (Fsp3) is 0.308. The first-order chi connectivity index (χ1) is 7.81. The van der Waals surface area contributed by atoms with Gasteiger partial charge < -0.3 is 0 Å². The van der Waals surface area contributed by atoms with Crippen LogP contribution in [0.3, 0.4) is 0 Å². The molecule has 0 N–H and O–H groups in total. The van der Waals surface area contributed by atoms with Crippen LogP contribution in [0.15, 0.2) is 41.4 Å². The zero-order valence-electron chi connectivity index (χ0n) is 9.68. The van der Waals surface area contributed by atoms with E-state index in [1.165, 1.54) is 16.9 Å². The molecule has 0 radical (unpaired) electrons. The Balaban J connectivity index is 2.32. The molecular weight excluding hydrogens is 216 g/mol. The standard InChI is InChI=1S/C13H16N2S/c1-3-10-16-13-7-5-4-6-11(13)12-8-9-15(2)14-12/h4-9H,3,10H2,1-2H3. The Morgan fingerprint density at radius 1 is 1.25 bits per heavy atom. The molecule has 0 aliphatic heterocycles. The van der Waals surface area contributed by atoms with Crippen LogP contribution in [-0.2, 0) is 7.05 Å². The molecule has 2 nitrogen and oxygen atoms in total. The van der Waals surface area contributed by atoms with Gasteiger partial charge in [0, 0.05) is 23.7 Å². The summed E-state index contributed by atoms with van der Waals surface area (Å²) in [5.41, 5.74) is 2.29. The van der Waals surface area contributed by atoms with Crippen LogP contribution in [0, 0.1) is 0 Å². The lowest BCUT2D eigenvalue weighted by atomic mass is 10.1. The van der Waals surface area contributed by atoms with Crippen molar-refractivity contribution in [1.29, 1.82) is 0 Å². The molecule has 0 saturated heterocycles. The van der Waals surface area contributed by atoms with E-state index in [4.69, 9.17) is 0 Å². The minimum atomic E-state index is 1.06. The minimum Gasteiger partial charge on any atom is -0.275 e. The number of thioether (sulfide) groups is 1. The quantitative estimate of drug-likeness (QED) is 0.750. The number of hydrogen-bond donors (Lipinski definition) is 0. The molecule has 0 aliphatic carbocycles. The molecule has 16 heavy (non-hydrogen) atoms. The van der Waals surface area contributed by atoms with Gasteiger partial charge in [-0.05, 0) is 24.3 Å². The fourth-order valence-corrected chi connectivity index (χ4v) is 2.50. The average Bonchev–Trinajstić information content (AvgIpc) is 2.73. The molecule has 1 heterocycles. The third-order valence-corrected chi connectivity index (χ3v) is 3.62. The molecule has 0 spiro atoms. The average molecular weight is 232 g/mol. The Kier molecular flexibility index (Phi) is 3.67. The van der Waals surface area contributed by atoms with E-state index in [1.54, 1.807) is 0 Å². The van der Waals surface area contributed by atoms with Crippen LogP contribution in [0.2, 0.25) is 0 Å². The number of aromatic nitrogens is 2. The van der Waals surface area contributed by atoms with Crippen molar-refractivity contribution in [1.82, 2.24) is 9.78 Å². The summed E-state index contributed by atoms with van der Waals surface area (Å²) < 4.78 is 1.84. The number of rotatable bonds is 4. The molecule has 1 aromatic carbocycles. The number of hydrogen-bond acceptors (Lipinski definition) is 2. The molecular formula is C13H16N2S. The SMILES string of the molecule is CCCSc1ccccc1-c1ccn(C)n1. The predicted molar refractivity (Wildman–Crippen MR) is 69.7 cm³/mol. The molecule has 0 unspecified atom stereocenters. The summed E-state index contributed by atoms with van der Waals surface area (Å²) in [4.78, 5) is 1.32. The lowest BCUT2D eigenvalue weighted by Crippen LogP contribution is -1.89. The molecule has 2 rings (SSSR count). The maximum Gasteiger partial charge on any atom is 0.0934 e. The van der Waals surface area contributed by atoms with Gasteiger partial charge in [0.25, 0.3) is 0 Å². The Labute approximate surface area is 101 Å². The Bertz CT molecular complexity index is 462. The Morgan fingerprint density at radius 2 is 2.06 bits per heavy atom. The third kappa shape index (κ3) is 2.47. The molecule has 0 atom stereocenters. The van der Waals surface area contributed by atoms with Crippen molar-refractivity contribution in [3.63, 3.8) is 0 Å². The zero-order valence-corrected chi connectivity index (χ0v) is 10.5. The second-order valence-electron chi connectivity index (χ2n) is 3.72. The number of aryl methyl sites for hydroxylation is 1. The van der Waals surface area contributed by atoms with Gasteiger partial charge >= 0.3 is 0 Å². The second kappa shape index (κ2) is 5.21. The molecule has 0 saturated carbocycles. The van der Waals surface area contributed by atoms with Gasteiger partial charge in [0.15, 0.2) is 0 Å². The van der Waals surface area contributed by atoms with Gasteiger partial charge in [-0.15, -0.1) is 11.8 Å². The number of nitrogens with zero attached hydrogens (tertiary/aromatic N) is 2. The van der Waals surface area contributed by atoms with Gasteiger partial charge in [0.05, 0.1) is 5.69 Å². The van der Waals surface area contributed by atoms with E-state index in [9.17, 15) is 0 Å². The summed E-state index contributed by atoms with van der Waals surface area (Å²) in [6.45, 7) is 2.20. The second-order valence-corrected chi connectivity index (χ2v) is 4.86. The highest BCUT2D eigenvalue weighted by Crippen LogP contribution is 2.30. The van der Waals surface area contributed by atoms with E-state index >= 15 is 0 Å². The lowest BCUT2D eigenvalue weighted by Gasteiger charge is -2.05. The lowest BCUT2D eigenvalue weighted by molar-refractivity contribution is 0.770. The summed E-state index contributed by atoms with van der Waals surface area (Å²) in [7, 11) is 1.95. The third-order valence-electron chi connectivity index (χ3n) is 2.34. The van der Waals surface area contributed by atoms with Gasteiger partial charge in [-0.3, -0.25) is 4.68 Å². The smallest absolute Gasteiger partial charge is 0.0934 e. The highest BCUT2D eigenvalue weighted by molar-refractivity contribution is 7.99. The summed E-state index contributed by atoms with van der Waals surface area (Å²) >= 11 is 1.90. The van der Waals surface area contributed by atoms with Crippen LogP contribution >= 0.6 is 11.8 Å². The van der Waals surface area contributed by atoms with Crippen LogP contribution in [-0.4, -0.2) is 15.5 Å². The predicted octanol–water partition coefficient (Wildman–Crippen LogP) is 3.59. The van der Waals surface area contributed by atoms with E-state index in [2.05, 4.69) is 42.4 Å². The van der Waals surface area contributed by atoms with Crippen LogP contribution in [0.5, 0.6) is 0 Å². The van der Waals surface area contributed by atoms with E-state index in [0.717, 1.165) is 11.4 Å². The molecule has 0 fully saturated rings. The van der Waals surface area contributed by atoms with Crippen LogP contribution in [0.1, 0.15) is 13.3 Å². The molecule has 3 heteroatoms. The van der Waals surface area contributed by atoms with Gasteiger partial charge in [-0.2, -0.15) is 5.10 Å². The van der Waals surface area contributed by atoms with Crippen LogP contribution in [0.4, 0.5) is 0 Å². The summed E-state index contributed by atoms with van der Waals surface area (Å²) in [6, 6.07) is 10.5. The Hall–Kier alpha value is -1.22. The van der Waals surface area contributed by atoms with Crippen molar-refractivity contribution in [3.8, 4) is 11.3 Å². The van der Waals surface area contributed by atoms with E-state index in [0.29, 0.717) is 0 Å². The van der Waals surface area contributed by atoms with E-state index < -0.39 is 0 Å². The summed E-state index contributed by atoms with van der Waals surface area (Å²) in [5, 5.41) is 4.45.